The molecule has 0 amide bonds. The molecule has 0 spiro atoms. The molecule has 1 unspecified atom stereocenters. The maximum absolute atomic E-state index is 13.2. The average Bonchev–Trinajstić information content (AvgIpc) is 2.51. The Balaban J connectivity index is 2.12. The van der Waals surface area contributed by atoms with E-state index in [-0.39, 0.29) is 11.8 Å². The first kappa shape index (κ1) is 15.0. The van der Waals surface area contributed by atoms with Gasteiger partial charge in [0.25, 0.3) is 0 Å². The molecule has 0 saturated heterocycles. The number of hydrogen-bond acceptors (Lipinski definition) is 3. The zero-order valence-corrected chi connectivity index (χ0v) is 12.1. The summed E-state index contributed by atoms with van der Waals surface area (Å²) in [5.41, 5.74) is 2.23. The molecule has 110 valence electrons. The SMILES string of the molecule is COC(=O)C(CNc1ccc(F)c(C)c1)c1ccccc1. The molecule has 0 aromatic heterocycles. The van der Waals surface area contributed by atoms with Crippen LogP contribution in [0.15, 0.2) is 48.5 Å². The fraction of sp³-hybridized carbons (Fsp3) is 0.235. The van der Waals surface area contributed by atoms with Gasteiger partial charge in [0.2, 0.25) is 0 Å². The van der Waals surface area contributed by atoms with Crippen LogP contribution in [0.4, 0.5) is 10.1 Å². The van der Waals surface area contributed by atoms with Crippen LogP contribution >= 0.6 is 0 Å². The van der Waals surface area contributed by atoms with E-state index in [0.717, 1.165) is 11.3 Å². The Labute approximate surface area is 123 Å². The highest BCUT2D eigenvalue weighted by Crippen LogP contribution is 2.20. The molecule has 0 radical (unpaired) electrons. The van der Waals surface area contributed by atoms with Crippen LogP contribution in [0.3, 0.4) is 0 Å². The summed E-state index contributed by atoms with van der Waals surface area (Å²) in [7, 11) is 1.38. The van der Waals surface area contributed by atoms with Gasteiger partial charge in [0.05, 0.1) is 13.0 Å². The Morgan fingerprint density at radius 2 is 1.95 bits per heavy atom. The Morgan fingerprint density at radius 3 is 2.57 bits per heavy atom. The minimum absolute atomic E-state index is 0.242. The summed E-state index contributed by atoms with van der Waals surface area (Å²) in [5, 5.41) is 3.16. The van der Waals surface area contributed by atoms with Gasteiger partial charge in [-0.15, -0.1) is 0 Å². The predicted octanol–water partition coefficient (Wildman–Crippen LogP) is 3.50. The molecule has 1 atom stereocenters. The minimum Gasteiger partial charge on any atom is -0.468 e. The van der Waals surface area contributed by atoms with Crippen LogP contribution in [0.1, 0.15) is 17.0 Å². The topological polar surface area (TPSA) is 38.3 Å². The fourth-order valence-electron chi connectivity index (χ4n) is 2.14. The third-order valence-electron chi connectivity index (χ3n) is 3.36. The van der Waals surface area contributed by atoms with Crippen molar-refractivity contribution in [3.05, 3.63) is 65.5 Å². The van der Waals surface area contributed by atoms with Crippen molar-refractivity contribution in [2.45, 2.75) is 12.8 Å². The van der Waals surface area contributed by atoms with Gasteiger partial charge in [-0.25, -0.2) is 4.39 Å². The average molecular weight is 287 g/mol. The van der Waals surface area contributed by atoms with Gasteiger partial charge in [-0.05, 0) is 36.2 Å². The van der Waals surface area contributed by atoms with E-state index in [1.807, 2.05) is 30.3 Å². The standard InChI is InChI=1S/C17H18FNO2/c1-12-10-14(8-9-16(12)18)19-11-15(17(20)21-2)13-6-4-3-5-7-13/h3-10,15,19H,11H2,1-2H3. The van der Waals surface area contributed by atoms with Crippen LogP contribution in [0.5, 0.6) is 0 Å². The van der Waals surface area contributed by atoms with Crippen molar-refractivity contribution >= 4 is 11.7 Å². The number of anilines is 1. The van der Waals surface area contributed by atoms with Crippen LogP contribution < -0.4 is 5.32 Å². The number of rotatable bonds is 5. The van der Waals surface area contributed by atoms with E-state index in [4.69, 9.17) is 4.74 Å². The summed E-state index contributed by atoms with van der Waals surface area (Å²) in [6.45, 7) is 2.09. The third-order valence-corrected chi connectivity index (χ3v) is 3.36. The second-order valence-electron chi connectivity index (χ2n) is 4.83. The largest absolute Gasteiger partial charge is 0.468 e. The van der Waals surface area contributed by atoms with Crippen LogP contribution in [0.2, 0.25) is 0 Å². The van der Waals surface area contributed by atoms with Gasteiger partial charge in [-0.2, -0.15) is 0 Å². The molecule has 2 aromatic carbocycles. The van der Waals surface area contributed by atoms with Gasteiger partial charge in [0.1, 0.15) is 5.82 Å². The summed E-state index contributed by atoms with van der Waals surface area (Å²) < 4.78 is 18.1. The summed E-state index contributed by atoms with van der Waals surface area (Å²) in [6.07, 6.45) is 0. The van der Waals surface area contributed by atoms with Crippen LogP contribution in [-0.4, -0.2) is 19.6 Å². The molecule has 4 heteroatoms. The van der Waals surface area contributed by atoms with E-state index in [0.29, 0.717) is 12.1 Å². The quantitative estimate of drug-likeness (QED) is 0.855. The van der Waals surface area contributed by atoms with Gasteiger partial charge >= 0.3 is 5.97 Å². The van der Waals surface area contributed by atoms with Gasteiger partial charge in [0, 0.05) is 12.2 Å². The maximum Gasteiger partial charge on any atom is 0.314 e. The lowest BCUT2D eigenvalue weighted by atomic mass is 9.99. The number of benzene rings is 2. The molecule has 2 aromatic rings. The second-order valence-corrected chi connectivity index (χ2v) is 4.83. The molecule has 0 bridgehead atoms. The molecule has 0 heterocycles. The number of esters is 1. The van der Waals surface area contributed by atoms with E-state index >= 15 is 0 Å². The first-order chi connectivity index (χ1) is 10.1. The summed E-state index contributed by atoms with van der Waals surface area (Å²) >= 11 is 0. The highest BCUT2D eigenvalue weighted by atomic mass is 19.1. The third kappa shape index (κ3) is 3.81. The van der Waals surface area contributed by atoms with Crippen molar-refractivity contribution in [2.24, 2.45) is 0 Å². The number of halogens is 1. The molecule has 21 heavy (non-hydrogen) atoms. The lowest BCUT2D eigenvalue weighted by Gasteiger charge is -2.17. The van der Waals surface area contributed by atoms with E-state index in [1.165, 1.54) is 13.2 Å². The molecule has 1 N–H and O–H groups in total. The van der Waals surface area contributed by atoms with E-state index in [9.17, 15) is 9.18 Å². The van der Waals surface area contributed by atoms with E-state index < -0.39 is 5.92 Å². The zero-order chi connectivity index (χ0) is 15.2. The fourth-order valence-corrected chi connectivity index (χ4v) is 2.14. The molecule has 0 aliphatic rings. The highest BCUT2D eigenvalue weighted by molar-refractivity contribution is 5.78. The van der Waals surface area contributed by atoms with Crippen molar-refractivity contribution in [1.29, 1.82) is 0 Å². The number of methoxy groups -OCH3 is 1. The monoisotopic (exact) mass is 287 g/mol. The smallest absolute Gasteiger partial charge is 0.314 e. The van der Waals surface area contributed by atoms with E-state index in [2.05, 4.69) is 5.32 Å². The molecule has 2 rings (SSSR count). The maximum atomic E-state index is 13.2. The van der Waals surface area contributed by atoms with Crippen molar-refractivity contribution in [3.63, 3.8) is 0 Å². The number of nitrogens with one attached hydrogen (secondary N) is 1. The minimum atomic E-state index is -0.401. The summed E-state index contributed by atoms with van der Waals surface area (Å²) in [5.74, 6) is -0.942. The second kappa shape index (κ2) is 6.88. The van der Waals surface area contributed by atoms with Crippen molar-refractivity contribution in [2.75, 3.05) is 19.0 Å². The van der Waals surface area contributed by atoms with Gasteiger partial charge < -0.3 is 10.1 Å². The molecular weight excluding hydrogens is 269 g/mol. The molecular formula is C17H18FNO2. The number of carbonyl (C=O) groups excluding carboxylic acids is 1. The van der Waals surface area contributed by atoms with E-state index in [1.54, 1.807) is 19.1 Å². The number of ether oxygens (including phenoxy) is 1. The predicted molar refractivity (Wildman–Crippen MR) is 80.8 cm³/mol. The number of hydrogen-bond donors (Lipinski definition) is 1. The molecule has 0 aliphatic heterocycles. The normalized spacial score (nSPS) is 11.8. The first-order valence-electron chi connectivity index (χ1n) is 6.74. The van der Waals surface area contributed by atoms with Crippen LogP contribution in [0, 0.1) is 12.7 Å². The molecule has 3 nitrogen and oxygen atoms in total. The Kier molecular flexibility index (Phi) is 4.93. The van der Waals surface area contributed by atoms with Crippen LogP contribution in [-0.2, 0) is 9.53 Å². The lowest BCUT2D eigenvalue weighted by Crippen LogP contribution is -2.22. The van der Waals surface area contributed by atoms with Gasteiger partial charge in [0.15, 0.2) is 0 Å². The lowest BCUT2D eigenvalue weighted by molar-refractivity contribution is -0.142. The number of aryl methyl sites for hydroxylation is 1. The van der Waals surface area contributed by atoms with Crippen molar-refractivity contribution < 1.29 is 13.9 Å². The summed E-state index contributed by atoms with van der Waals surface area (Å²) in [6, 6.07) is 14.2. The highest BCUT2D eigenvalue weighted by Gasteiger charge is 2.20. The van der Waals surface area contributed by atoms with Gasteiger partial charge in [-0.3, -0.25) is 4.79 Å². The van der Waals surface area contributed by atoms with Crippen molar-refractivity contribution in [1.82, 2.24) is 0 Å². The molecule has 0 fully saturated rings. The Morgan fingerprint density at radius 1 is 1.24 bits per heavy atom. The van der Waals surface area contributed by atoms with Gasteiger partial charge in [-0.1, -0.05) is 30.3 Å². The van der Waals surface area contributed by atoms with Crippen LogP contribution in [0.25, 0.3) is 0 Å². The number of carbonyl (C=O) groups is 1. The van der Waals surface area contributed by atoms with Crippen molar-refractivity contribution in [3.8, 4) is 0 Å². The molecule has 0 aliphatic carbocycles. The zero-order valence-electron chi connectivity index (χ0n) is 12.1. The first-order valence-corrected chi connectivity index (χ1v) is 6.74. The Bertz CT molecular complexity index is 613. The Hall–Kier alpha value is -2.36. The molecule has 0 saturated carbocycles. The summed E-state index contributed by atoms with van der Waals surface area (Å²) in [4.78, 5) is 11.9.